The Bertz CT molecular complexity index is 497. The van der Waals surface area contributed by atoms with Gasteiger partial charge in [-0.05, 0) is 38.0 Å². The quantitative estimate of drug-likeness (QED) is 0.930. The lowest BCUT2D eigenvalue weighted by Gasteiger charge is -2.20. The van der Waals surface area contributed by atoms with Gasteiger partial charge < -0.3 is 10.0 Å². The van der Waals surface area contributed by atoms with Gasteiger partial charge in [0, 0.05) is 22.6 Å². The number of benzene rings is 1. The van der Waals surface area contributed by atoms with E-state index in [1.165, 1.54) is 12.1 Å². The van der Waals surface area contributed by atoms with Crippen molar-refractivity contribution in [3.05, 3.63) is 33.8 Å². The first-order chi connectivity index (χ1) is 8.52. The lowest BCUT2D eigenvalue weighted by atomic mass is 10.1. The highest BCUT2D eigenvalue weighted by molar-refractivity contribution is 9.10. The van der Waals surface area contributed by atoms with E-state index in [0.717, 1.165) is 12.8 Å². The first-order valence-corrected chi connectivity index (χ1v) is 6.67. The predicted molar refractivity (Wildman–Crippen MR) is 70.8 cm³/mol. The largest absolute Gasteiger partial charge is 0.478 e. The van der Waals surface area contributed by atoms with Crippen LogP contribution in [0.2, 0.25) is 0 Å². The fraction of sp³-hybridized carbons (Fsp3) is 0.385. The molecule has 5 heteroatoms. The summed E-state index contributed by atoms with van der Waals surface area (Å²) in [6, 6.07) is 4.92. The molecule has 1 saturated carbocycles. The molecule has 0 atom stereocenters. The number of amides is 1. The minimum Gasteiger partial charge on any atom is -0.478 e. The Morgan fingerprint density at radius 2 is 1.94 bits per heavy atom. The highest BCUT2D eigenvalue weighted by Gasteiger charge is 2.32. The maximum atomic E-state index is 12.3. The zero-order chi connectivity index (χ0) is 13.3. The second-order valence-electron chi connectivity index (χ2n) is 4.36. The van der Waals surface area contributed by atoms with Crippen LogP contribution < -0.4 is 0 Å². The van der Waals surface area contributed by atoms with Crippen molar-refractivity contribution in [2.24, 2.45) is 0 Å². The molecule has 0 saturated heterocycles. The van der Waals surface area contributed by atoms with Crippen LogP contribution >= 0.6 is 15.9 Å². The third-order valence-corrected chi connectivity index (χ3v) is 3.44. The van der Waals surface area contributed by atoms with Crippen molar-refractivity contribution >= 4 is 27.8 Å². The molecule has 96 valence electrons. The Kier molecular flexibility index (Phi) is 3.71. The number of halogens is 1. The molecule has 0 heterocycles. The average Bonchev–Trinajstić information content (AvgIpc) is 3.13. The van der Waals surface area contributed by atoms with Gasteiger partial charge in [-0.2, -0.15) is 0 Å². The first kappa shape index (κ1) is 13.1. The highest BCUT2D eigenvalue weighted by Crippen LogP contribution is 2.28. The maximum absolute atomic E-state index is 12.3. The van der Waals surface area contributed by atoms with E-state index in [-0.39, 0.29) is 11.5 Å². The third-order valence-electron chi connectivity index (χ3n) is 2.98. The van der Waals surface area contributed by atoms with E-state index >= 15 is 0 Å². The molecule has 1 aromatic rings. The van der Waals surface area contributed by atoms with Crippen molar-refractivity contribution in [2.75, 3.05) is 6.54 Å². The smallest absolute Gasteiger partial charge is 0.335 e. The number of carbonyl (C=O) groups is 2. The minimum atomic E-state index is -1.03. The molecule has 0 aromatic heterocycles. The number of hydrogen-bond acceptors (Lipinski definition) is 2. The summed E-state index contributed by atoms with van der Waals surface area (Å²) < 4.78 is 0.609. The monoisotopic (exact) mass is 311 g/mol. The van der Waals surface area contributed by atoms with Crippen LogP contribution in [0.4, 0.5) is 0 Å². The van der Waals surface area contributed by atoms with Gasteiger partial charge in [-0.15, -0.1) is 0 Å². The highest BCUT2D eigenvalue weighted by atomic mass is 79.9. The molecule has 1 amide bonds. The molecule has 1 aliphatic carbocycles. The summed E-state index contributed by atoms with van der Waals surface area (Å²) in [5, 5.41) is 8.99. The lowest BCUT2D eigenvalue weighted by Crippen LogP contribution is -2.32. The zero-order valence-electron chi connectivity index (χ0n) is 10.0. The molecule has 1 N–H and O–H groups in total. The van der Waals surface area contributed by atoms with Gasteiger partial charge in [0.25, 0.3) is 5.91 Å². The number of carboxylic acids is 1. The summed E-state index contributed by atoms with van der Waals surface area (Å²) in [5.74, 6) is -1.12. The summed E-state index contributed by atoms with van der Waals surface area (Å²) in [6.07, 6.45) is 2.08. The maximum Gasteiger partial charge on any atom is 0.335 e. The summed E-state index contributed by atoms with van der Waals surface area (Å²) in [6.45, 7) is 2.59. The van der Waals surface area contributed by atoms with Crippen LogP contribution in [0, 0.1) is 0 Å². The van der Waals surface area contributed by atoms with Gasteiger partial charge in [0.1, 0.15) is 0 Å². The van der Waals surface area contributed by atoms with Crippen LogP contribution in [0.5, 0.6) is 0 Å². The number of nitrogens with zero attached hydrogens (tertiary/aromatic N) is 1. The van der Waals surface area contributed by atoms with E-state index in [9.17, 15) is 9.59 Å². The van der Waals surface area contributed by atoms with E-state index < -0.39 is 5.97 Å². The van der Waals surface area contributed by atoms with Gasteiger partial charge in [0.05, 0.1) is 5.56 Å². The molecule has 0 bridgehead atoms. The van der Waals surface area contributed by atoms with Crippen LogP contribution in [-0.4, -0.2) is 34.5 Å². The van der Waals surface area contributed by atoms with Crippen molar-refractivity contribution in [1.82, 2.24) is 4.90 Å². The standard InChI is InChI=1S/C13H14BrNO3/c1-2-15(11-3-4-11)12(16)8-5-9(13(17)18)7-10(14)6-8/h5-7,11H,2-4H2,1H3,(H,17,18). The van der Waals surface area contributed by atoms with Gasteiger partial charge in [-0.3, -0.25) is 4.79 Å². The molecule has 2 rings (SSSR count). The minimum absolute atomic E-state index is 0.0937. The summed E-state index contributed by atoms with van der Waals surface area (Å²) in [7, 11) is 0. The van der Waals surface area contributed by atoms with Crippen molar-refractivity contribution in [3.63, 3.8) is 0 Å². The molecule has 0 spiro atoms. The van der Waals surface area contributed by atoms with E-state index in [1.54, 1.807) is 11.0 Å². The lowest BCUT2D eigenvalue weighted by molar-refractivity contribution is 0.0697. The molecular formula is C13H14BrNO3. The molecule has 1 aromatic carbocycles. The second kappa shape index (κ2) is 5.10. The van der Waals surface area contributed by atoms with Gasteiger partial charge in [0.15, 0.2) is 0 Å². The Balaban J connectivity index is 2.31. The zero-order valence-corrected chi connectivity index (χ0v) is 11.6. The van der Waals surface area contributed by atoms with Crippen LogP contribution in [0.25, 0.3) is 0 Å². The number of aromatic carboxylic acids is 1. The van der Waals surface area contributed by atoms with Gasteiger partial charge >= 0.3 is 5.97 Å². The van der Waals surface area contributed by atoms with Gasteiger partial charge in [-0.25, -0.2) is 4.79 Å². The second-order valence-corrected chi connectivity index (χ2v) is 5.27. The molecule has 18 heavy (non-hydrogen) atoms. The van der Waals surface area contributed by atoms with E-state index in [4.69, 9.17) is 5.11 Å². The predicted octanol–water partition coefficient (Wildman–Crippen LogP) is 2.77. The number of carbonyl (C=O) groups excluding carboxylic acids is 1. The summed E-state index contributed by atoms with van der Waals surface area (Å²) in [5.41, 5.74) is 0.551. The molecule has 4 nitrogen and oxygen atoms in total. The SMILES string of the molecule is CCN(C(=O)c1cc(Br)cc(C(=O)O)c1)C1CC1. The Morgan fingerprint density at radius 1 is 1.33 bits per heavy atom. The van der Waals surface area contributed by atoms with Crippen LogP contribution in [-0.2, 0) is 0 Å². The fourth-order valence-corrected chi connectivity index (χ4v) is 2.45. The van der Waals surface area contributed by atoms with E-state index in [2.05, 4.69) is 15.9 Å². The van der Waals surface area contributed by atoms with Crippen molar-refractivity contribution < 1.29 is 14.7 Å². The van der Waals surface area contributed by atoms with E-state index in [1.807, 2.05) is 6.92 Å². The molecule has 0 radical (unpaired) electrons. The molecular weight excluding hydrogens is 298 g/mol. The van der Waals surface area contributed by atoms with Crippen LogP contribution in [0.3, 0.4) is 0 Å². The molecule has 0 aliphatic heterocycles. The summed E-state index contributed by atoms with van der Waals surface area (Å²) >= 11 is 3.24. The number of carboxylic acid groups (broad SMARTS) is 1. The van der Waals surface area contributed by atoms with Crippen LogP contribution in [0.1, 0.15) is 40.5 Å². The van der Waals surface area contributed by atoms with Crippen molar-refractivity contribution in [3.8, 4) is 0 Å². The molecule has 0 unspecified atom stereocenters. The van der Waals surface area contributed by atoms with Gasteiger partial charge in [0.2, 0.25) is 0 Å². The Hall–Kier alpha value is -1.36. The Labute approximate surface area is 114 Å². The van der Waals surface area contributed by atoms with Crippen molar-refractivity contribution in [2.45, 2.75) is 25.8 Å². The number of rotatable bonds is 4. The summed E-state index contributed by atoms with van der Waals surface area (Å²) in [4.78, 5) is 25.1. The fourth-order valence-electron chi connectivity index (χ4n) is 1.96. The molecule has 1 fully saturated rings. The first-order valence-electron chi connectivity index (χ1n) is 5.87. The Morgan fingerprint density at radius 3 is 2.44 bits per heavy atom. The molecule has 1 aliphatic rings. The van der Waals surface area contributed by atoms with Crippen molar-refractivity contribution in [1.29, 1.82) is 0 Å². The average molecular weight is 312 g/mol. The van der Waals surface area contributed by atoms with E-state index in [0.29, 0.717) is 22.6 Å². The van der Waals surface area contributed by atoms with Crippen LogP contribution in [0.15, 0.2) is 22.7 Å². The topological polar surface area (TPSA) is 57.6 Å². The normalized spacial score (nSPS) is 14.3. The third kappa shape index (κ3) is 2.72. The number of hydrogen-bond donors (Lipinski definition) is 1. The van der Waals surface area contributed by atoms with Gasteiger partial charge in [-0.1, -0.05) is 15.9 Å².